The fourth-order valence-corrected chi connectivity index (χ4v) is 3.06. The van der Waals surface area contributed by atoms with Crippen LogP contribution in [-0.2, 0) is 24.2 Å². The molecule has 0 saturated heterocycles. The van der Waals surface area contributed by atoms with Crippen molar-refractivity contribution in [3.8, 4) is 0 Å². The van der Waals surface area contributed by atoms with Gasteiger partial charge < -0.3 is 19.6 Å². The van der Waals surface area contributed by atoms with E-state index in [1.807, 2.05) is 6.07 Å². The van der Waals surface area contributed by atoms with Gasteiger partial charge in [-0.05, 0) is 36.0 Å². The average molecular weight is 297 g/mol. The van der Waals surface area contributed by atoms with Crippen molar-refractivity contribution in [2.45, 2.75) is 32.4 Å². The van der Waals surface area contributed by atoms with Crippen LogP contribution in [0.15, 0.2) is 24.4 Å². The molecule has 112 valence electrons. The van der Waals surface area contributed by atoms with Gasteiger partial charge in [-0.15, -0.1) is 0 Å². The minimum absolute atomic E-state index is 0.199. The first-order valence-electron chi connectivity index (χ1n) is 7.50. The number of nitrogens with zero attached hydrogens (tertiary/aromatic N) is 2. The number of hydrogen-bond acceptors (Lipinski definition) is 4. The van der Waals surface area contributed by atoms with Crippen LogP contribution in [0.1, 0.15) is 34.6 Å². The molecule has 0 radical (unpaired) electrons. The molecule has 7 heteroatoms. The van der Waals surface area contributed by atoms with E-state index in [1.54, 1.807) is 18.3 Å². The van der Waals surface area contributed by atoms with E-state index in [0.717, 1.165) is 43.0 Å². The molecule has 1 aromatic carbocycles. The molecule has 0 saturated carbocycles. The van der Waals surface area contributed by atoms with Crippen LogP contribution >= 0.6 is 0 Å². The molecule has 2 aromatic rings. The number of nitrogens with one attached hydrogen (secondary N) is 1. The summed E-state index contributed by atoms with van der Waals surface area (Å²) < 4.78 is 7.21. The highest BCUT2D eigenvalue weighted by Crippen LogP contribution is 2.20. The minimum Gasteiger partial charge on any atom is -0.423 e. The Kier molecular flexibility index (Phi) is 3.24. The first-order valence-corrected chi connectivity index (χ1v) is 7.50. The number of benzene rings is 1. The zero-order chi connectivity index (χ0) is 15.1. The quantitative estimate of drug-likeness (QED) is 0.800. The lowest BCUT2D eigenvalue weighted by Crippen LogP contribution is -2.29. The van der Waals surface area contributed by atoms with Gasteiger partial charge in [-0.25, -0.2) is 4.98 Å². The summed E-state index contributed by atoms with van der Waals surface area (Å²) in [5.74, 6) is 1.56. The Hall–Kier alpha value is -2.12. The molecule has 0 unspecified atom stereocenters. The van der Waals surface area contributed by atoms with Crippen LogP contribution in [0.4, 0.5) is 5.82 Å². The van der Waals surface area contributed by atoms with Crippen LogP contribution in [0, 0.1) is 0 Å². The minimum atomic E-state index is -0.939. The lowest BCUT2D eigenvalue weighted by Gasteiger charge is -2.16. The molecule has 1 aromatic heterocycles. The van der Waals surface area contributed by atoms with Crippen LogP contribution in [0.25, 0.3) is 0 Å². The second-order valence-corrected chi connectivity index (χ2v) is 5.70. The third-order valence-electron chi connectivity index (χ3n) is 4.28. The van der Waals surface area contributed by atoms with Crippen LogP contribution in [0.2, 0.25) is 0 Å². The van der Waals surface area contributed by atoms with Crippen molar-refractivity contribution in [2.75, 3.05) is 5.32 Å². The number of fused-ring (bicyclic) bond motifs is 2. The Morgan fingerprint density at radius 2 is 2.32 bits per heavy atom. The van der Waals surface area contributed by atoms with Gasteiger partial charge in [0, 0.05) is 18.5 Å². The molecule has 2 aliphatic heterocycles. The predicted octanol–water partition coefficient (Wildman–Crippen LogP) is 0.689. The van der Waals surface area contributed by atoms with E-state index in [-0.39, 0.29) is 5.91 Å². The van der Waals surface area contributed by atoms with Gasteiger partial charge in [-0.2, -0.15) is 0 Å². The van der Waals surface area contributed by atoms with Crippen LogP contribution < -0.4 is 10.8 Å². The van der Waals surface area contributed by atoms with Crippen molar-refractivity contribution in [1.29, 1.82) is 0 Å². The molecular weight excluding hydrogens is 281 g/mol. The Morgan fingerprint density at radius 1 is 1.41 bits per heavy atom. The fraction of sp³-hybridized carbons (Fsp3) is 0.333. The Labute approximate surface area is 128 Å². The number of amides is 1. The van der Waals surface area contributed by atoms with Crippen molar-refractivity contribution in [1.82, 2.24) is 9.55 Å². The maximum absolute atomic E-state index is 12.4. The van der Waals surface area contributed by atoms with Crippen molar-refractivity contribution < 1.29 is 14.5 Å². The standard InChI is InChI=1S/C15H16BN3O3/c20-15(10-4-5-11-9-22-16(21)12(11)7-10)18-14-8-17-13-3-1-2-6-19(13)14/h4-5,7-8,21H,1-3,6,9H2,(H,18,20). The summed E-state index contributed by atoms with van der Waals surface area (Å²) in [5.41, 5.74) is 2.10. The normalized spacial score (nSPS) is 16.3. The van der Waals surface area contributed by atoms with E-state index < -0.39 is 7.12 Å². The summed E-state index contributed by atoms with van der Waals surface area (Å²) in [6.07, 6.45) is 4.92. The van der Waals surface area contributed by atoms with Gasteiger partial charge in [0.25, 0.3) is 5.91 Å². The Balaban J connectivity index is 1.58. The molecule has 3 heterocycles. The molecule has 0 aliphatic carbocycles. The SMILES string of the molecule is O=C(Nc1cnc2n1CCCC2)c1ccc2c(c1)B(O)OC2. The van der Waals surface area contributed by atoms with Gasteiger partial charge in [0.2, 0.25) is 0 Å². The van der Waals surface area contributed by atoms with Crippen molar-refractivity contribution in [3.05, 3.63) is 41.3 Å². The highest BCUT2D eigenvalue weighted by molar-refractivity contribution is 6.61. The van der Waals surface area contributed by atoms with Gasteiger partial charge >= 0.3 is 7.12 Å². The zero-order valence-electron chi connectivity index (χ0n) is 12.1. The molecule has 0 spiro atoms. The molecule has 2 aliphatic rings. The molecule has 0 bridgehead atoms. The van der Waals surface area contributed by atoms with E-state index >= 15 is 0 Å². The summed E-state index contributed by atoms with van der Waals surface area (Å²) in [7, 11) is -0.939. The molecule has 2 N–H and O–H groups in total. The number of aromatic nitrogens is 2. The predicted molar refractivity (Wildman–Crippen MR) is 82.0 cm³/mol. The summed E-state index contributed by atoms with van der Waals surface area (Å²) in [5, 5.41) is 12.6. The lowest BCUT2D eigenvalue weighted by atomic mass is 9.79. The first kappa shape index (κ1) is 13.5. The average Bonchev–Trinajstić information content (AvgIpc) is 3.12. The summed E-state index contributed by atoms with van der Waals surface area (Å²) in [6, 6.07) is 5.27. The second-order valence-electron chi connectivity index (χ2n) is 5.70. The Bertz CT molecular complexity index is 744. The van der Waals surface area contributed by atoms with Gasteiger partial charge in [0.1, 0.15) is 11.6 Å². The highest BCUT2D eigenvalue weighted by Gasteiger charge is 2.28. The van der Waals surface area contributed by atoms with Crippen molar-refractivity contribution in [2.24, 2.45) is 0 Å². The van der Waals surface area contributed by atoms with Crippen molar-refractivity contribution in [3.63, 3.8) is 0 Å². The number of carbonyl (C=O) groups excluding carboxylic acids is 1. The van der Waals surface area contributed by atoms with E-state index in [9.17, 15) is 9.82 Å². The smallest absolute Gasteiger partial charge is 0.423 e. The van der Waals surface area contributed by atoms with E-state index in [0.29, 0.717) is 17.6 Å². The van der Waals surface area contributed by atoms with Crippen molar-refractivity contribution >= 4 is 24.3 Å². The summed E-state index contributed by atoms with van der Waals surface area (Å²) in [6.45, 7) is 1.27. The van der Waals surface area contributed by atoms with Crippen LogP contribution in [0.3, 0.4) is 0 Å². The monoisotopic (exact) mass is 297 g/mol. The molecule has 0 atom stereocenters. The van der Waals surface area contributed by atoms with Crippen LogP contribution in [-0.4, -0.2) is 27.6 Å². The molecular formula is C15H16BN3O3. The van der Waals surface area contributed by atoms with Gasteiger partial charge in [-0.1, -0.05) is 6.07 Å². The largest absolute Gasteiger partial charge is 0.491 e. The number of hydrogen-bond donors (Lipinski definition) is 2. The molecule has 6 nitrogen and oxygen atoms in total. The van der Waals surface area contributed by atoms with Gasteiger partial charge in [-0.3, -0.25) is 4.79 Å². The third kappa shape index (κ3) is 2.22. The maximum atomic E-state index is 12.4. The number of carbonyl (C=O) groups is 1. The van der Waals surface area contributed by atoms with Gasteiger partial charge in [0.15, 0.2) is 0 Å². The number of anilines is 1. The topological polar surface area (TPSA) is 76.4 Å². The molecule has 4 rings (SSSR count). The Morgan fingerprint density at radius 3 is 3.23 bits per heavy atom. The molecule has 0 fully saturated rings. The number of imidazole rings is 1. The fourth-order valence-electron chi connectivity index (χ4n) is 3.06. The number of rotatable bonds is 2. The maximum Gasteiger partial charge on any atom is 0.491 e. The lowest BCUT2D eigenvalue weighted by molar-refractivity contribution is 0.102. The molecule has 1 amide bonds. The highest BCUT2D eigenvalue weighted by atomic mass is 16.5. The number of aryl methyl sites for hydroxylation is 1. The van der Waals surface area contributed by atoms with Crippen LogP contribution in [0.5, 0.6) is 0 Å². The van der Waals surface area contributed by atoms with E-state index in [2.05, 4.69) is 14.9 Å². The third-order valence-corrected chi connectivity index (χ3v) is 4.28. The van der Waals surface area contributed by atoms with E-state index in [4.69, 9.17) is 4.65 Å². The zero-order valence-corrected chi connectivity index (χ0v) is 12.1. The van der Waals surface area contributed by atoms with Gasteiger partial charge in [0.05, 0.1) is 12.8 Å². The summed E-state index contributed by atoms with van der Waals surface area (Å²) in [4.78, 5) is 16.8. The summed E-state index contributed by atoms with van der Waals surface area (Å²) >= 11 is 0. The molecule has 22 heavy (non-hydrogen) atoms. The van der Waals surface area contributed by atoms with E-state index in [1.165, 1.54) is 0 Å². The first-order chi connectivity index (χ1) is 10.7. The second kappa shape index (κ2) is 5.26.